The van der Waals surface area contributed by atoms with Crippen LogP contribution in [0.5, 0.6) is 0 Å². The summed E-state index contributed by atoms with van der Waals surface area (Å²) in [5.74, 6) is 0.420. The van der Waals surface area contributed by atoms with Gasteiger partial charge in [0, 0.05) is 37.5 Å². The molecule has 0 saturated carbocycles. The van der Waals surface area contributed by atoms with Gasteiger partial charge in [0.15, 0.2) is 0 Å². The maximum atomic E-state index is 12.8. The van der Waals surface area contributed by atoms with Crippen molar-refractivity contribution in [1.82, 2.24) is 24.7 Å². The Morgan fingerprint density at radius 1 is 1.24 bits per heavy atom. The number of tetrazole rings is 1. The lowest BCUT2D eigenvalue weighted by Crippen LogP contribution is -2.38. The van der Waals surface area contributed by atoms with Gasteiger partial charge < -0.3 is 10.6 Å². The van der Waals surface area contributed by atoms with Crippen molar-refractivity contribution in [2.45, 2.75) is 38.8 Å². The van der Waals surface area contributed by atoms with Gasteiger partial charge in [0.25, 0.3) is 6.08 Å². The number of benzene rings is 1. The predicted molar refractivity (Wildman–Crippen MR) is 102 cm³/mol. The molecular weight excluding hydrogens is 382 g/mol. The molecule has 1 atom stereocenters. The van der Waals surface area contributed by atoms with E-state index >= 15 is 0 Å². The van der Waals surface area contributed by atoms with E-state index < -0.39 is 11.8 Å². The van der Waals surface area contributed by atoms with Crippen LogP contribution in [0, 0.1) is 0 Å². The van der Waals surface area contributed by atoms with Crippen molar-refractivity contribution >= 4 is 5.91 Å². The number of nitrogens with two attached hydrogens (primary N) is 1. The van der Waals surface area contributed by atoms with Crippen LogP contribution in [0.25, 0.3) is 0 Å². The summed E-state index contributed by atoms with van der Waals surface area (Å²) in [4.78, 5) is 26.2. The van der Waals surface area contributed by atoms with Crippen LogP contribution in [0.4, 0.5) is 8.78 Å². The molecule has 0 radical (unpaired) electrons. The summed E-state index contributed by atoms with van der Waals surface area (Å²) in [7, 11) is 0. The van der Waals surface area contributed by atoms with Crippen molar-refractivity contribution < 1.29 is 13.6 Å². The highest BCUT2D eigenvalue weighted by Gasteiger charge is 2.25. The fraction of sp³-hybridized carbons (Fsp3) is 0.474. The number of amides is 1. The van der Waals surface area contributed by atoms with Gasteiger partial charge in [-0.3, -0.25) is 4.79 Å². The third-order valence-corrected chi connectivity index (χ3v) is 5.19. The Balaban J connectivity index is 1.75. The van der Waals surface area contributed by atoms with Gasteiger partial charge in [-0.15, -0.1) is 0 Å². The highest BCUT2D eigenvalue weighted by atomic mass is 19.3. The average molecular weight is 406 g/mol. The Morgan fingerprint density at radius 2 is 2.00 bits per heavy atom. The second-order valence-corrected chi connectivity index (χ2v) is 7.06. The number of carbonyl (C=O) groups excluding carboxylic acids is 1. The minimum Gasteiger partial charge on any atom is -0.342 e. The minimum atomic E-state index is -1.91. The summed E-state index contributed by atoms with van der Waals surface area (Å²) in [6.45, 7) is 2.76. The number of carbonyl (C=O) groups is 1. The molecule has 1 aliphatic heterocycles. The lowest BCUT2D eigenvalue weighted by atomic mass is 9.89. The number of halogens is 2. The number of hydrogen-bond donors (Lipinski definition) is 1. The second kappa shape index (κ2) is 9.08. The van der Waals surface area contributed by atoms with Gasteiger partial charge in [-0.05, 0) is 34.9 Å². The van der Waals surface area contributed by atoms with Gasteiger partial charge in [-0.2, -0.15) is 18.1 Å². The first kappa shape index (κ1) is 20.8. The summed E-state index contributed by atoms with van der Waals surface area (Å²) in [6, 6.07) is 7.78. The number of likely N-dealkylation sites (tertiary alicyclic amines) is 1. The van der Waals surface area contributed by atoms with Crippen LogP contribution < -0.4 is 11.4 Å². The second-order valence-electron chi connectivity index (χ2n) is 7.06. The van der Waals surface area contributed by atoms with Crippen LogP contribution in [-0.2, 0) is 17.9 Å². The minimum absolute atomic E-state index is 0.176. The molecule has 1 saturated heterocycles. The molecule has 29 heavy (non-hydrogen) atoms. The third kappa shape index (κ3) is 4.76. The van der Waals surface area contributed by atoms with Gasteiger partial charge in [0.2, 0.25) is 5.91 Å². The van der Waals surface area contributed by atoms with Crippen molar-refractivity contribution in [3.05, 3.63) is 57.5 Å². The molecule has 1 fully saturated rings. The Bertz CT molecular complexity index is 964. The van der Waals surface area contributed by atoms with Crippen LogP contribution in [0.15, 0.2) is 40.7 Å². The fourth-order valence-corrected chi connectivity index (χ4v) is 3.50. The number of likely N-dealkylation sites (N-methyl/N-ethyl adjacent to an activating group) is 1. The molecule has 3 rings (SSSR count). The molecule has 1 unspecified atom stereocenters. The zero-order valence-electron chi connectivity index (χ0n) is 16.2. The van der Waals surface area contributed by atoms with Crippen LogP contribution >= 0.6 is 0 Å². The van der Waals surface area contributed by atoms with Gasteiger partial charge in [0.05, 0.1) is 13.1 Å². The maximum absolute atomic E-state index is 12.8. The van der Waals surface area contributed by atoms with Crippen molar-refractivity contribution in [2.24, 2.45) is 5.73 Å². The Kier molecular flexibility index (Phi) is 6.53. The quantitative estimate of drug-likeness (QED) is 0.748. The summed E-state index contributed by atoms with van der Waals surface area (Å²) in [5, 5.41) is 7.46. The third-order valence-electron chi connectivity index (χ3n) is 5.19. The maximum Gasteiger partial charge on any atom is 0.364 e. The summed E-state index contributed by atoms with van der Waals surface area (Å²) >= 11 is 0. The summed E-state index contributed by atoms with van der Waals surface area (Å²) in [5.41, 5.74) is 6.30. The molecule has 0 bridgehead atoms. The highest BCUT2D eigenvalue weighted by Crippen LogP contribution is 2.28. The number of hydrogen-bond acceptors (Lipinski definition) is 5. The highest BCUT2D eigenvalue weighted by molar-refractivity contribution is 5.77. The van der Waals surface area contributed by atoms with E-state index in [1.807, 2.05) is 36.1 Å². The first-order chi connectivity index (χ1) is 13.9. The molecule has 0 aliphatic carbocycles. The SMILES string of the molecule is CCN1CC(c2cccc(Cn3nnn(CC(CN)=C(F)F)c3=O)c2)CCC1=O. The number of aromatic nitrogens is 4. The zero-order chi connectivity index (χ0) is 21.0. The van der Waals surface area contributed by atoms with E-state index in [2.05, 4.69) is 10.4 Å². The zero-order valence-corrected chi connectivity index (χ0v) is 16.2. The molecule has 156 valence electrons. The Morgan fingerprint density at radius 3 is 2.69 bits per heavy atom. The van der Waals surface area contributed by atoms with Crippen LogP contribution in [-0.4, -0.2) is 50.2 Å². The molecule has 8 nitrogen and oxygen atoms in total. The largest absolute Gasteiger partial charge is 0.364 e. The molecule has 1 aliphatic rings. The first-order valence-corrected chi connectivity index (χ1v) is 9.53. The molecule has 1 amide bonds. The van der Waals surface area contributed by atoms with Gasteiger partial charge >= 0.3 is 5.69 Å². The lowest BCUT2D eigenvalue weighted by molar-refractivity contribution is -0.133. The van der Waals surface area contributed by atoms with Crippen LogP contribution in [0.2, 0.25) is 0 Å². The molecule has 1 aromatic carbocycles. The fourth-order valence-electron chi connectivity index (χ4n) is 3.50. The predicted octanol–water partition coefficient (Wildman–Crippen LogP) is 1.32. The lowest BCUT2D eigenvalue weighted by Gasteiger charge is -2.32. The van der Waals surface area contributed by atoms with E-state index in [0.717, 1.165) is 26.9 Å². The summed E-state index contributed by atoms with van der Waals surface area (Å²) in [6.07, 6.45) is -0.593. The molecule has 10 heteroatoms. The normalized spacial score (nSPS) is 16.9. The molecule has 1 aromatic heterocycles. The Hall–Kier alpha value is -2.88. The van der Waals surface area contributed by atoms with Gasteiger partial charge in [0.1, 0.15) is 0 Å². The van der Waals surface area contributed by atoms with E-state index in [9.17, 15) is 18.4 Å². The molecular formula is C19H24F2N6O2. The molecule has 0 spiro atoms. The Labute approximate surface area is 166 Å². The van der Waals surface area contributed by atoms with Crippen molar-refractivity contribution in [2.75, 3.05) is 19.6 Å². The van der Waals surface area contributed by atoms with Crippen LogP contribution in [0.1, 0.15) is 36.8 Å². The molecule has 2 heterocycles. The van der Waals surface area contributed by atoms with Crippen molar-refractivity contribution in [3.63, 3.8) is 0 Å². The number of nitrogens with zero attached hydrogens (tertiary/aromatic N) is 5. The number of rotatable bonds is 7. The summed E-state index contributed by atoms with van der Waals surface area (Å²) < 4.78 is 27.6. The van der Waals surface area contributed by atoms with E-state index in [1.54, 1.807) is 0 Å². The monoisotopic (exact) mass is 406 g/mol. The van der Waals surface area contributed by atoms with E-state index in [1.165, 1.54) is 0 Å². The van der Waals surface area contributed by atoms with Crippen molar-refractivity contribution in [3.8, 4) is 0 Å². The van der Waals surface area contributed by atoms with E-state index in [-0.39, 0.29) is 37.0 Å². The number of piperidine rings is 1. The average Bonchev–Trinajstić information content (AvgIpc) is 3.05. The van der Waals surface area contributed by atoms with Gasteiger partial charge in [-0.25, -0.2) is 4.79 Å². The topological polar surface area (TPSA) is 99.0 Å². The standard InChI is InChI=1S/C19H24F2N6O2/c1-2-25-11-15(6-7-17(25)28)14-5-3-4-13(8-14)10-26-19(29)27(24-23-26)12-16(9-22)18(20)21/h3-5,8,15H,2,6-7,9-12,22H2,1H3. The molecule has 2 N–H and O–H groups in total. The first-order valence-electron chi connectivity index (χ1n) is 9.53. The van der Waals surface area contributed by atoms with E-state index in [0.29, 0.717) is 19.5 Å². The molecule has 2 aromatic rings. The van der Waals surface area contributed by atoms with Crippen LogP contribution in [0.3, 0.4) is 0 Å². The smallest absolute Gasteiger partial charge is 0.342 e. The van der Waals surface area contributed by atoms with Gasteiger partial charge in [-0.1, -0.05) is 24.3 Å². The van der Waals surface area contributed by atoms with E-state index in [4.69, 9.17) is 5.73 Å². The van der Waals surface area contributed by atoms with Crippen molar-refractivity contribution in [1.29, 1.82) is 0 Å².